The van der Waals surface area contributed by atoms with E-state index in [4.69, 9.17) is 0 Å². The maximum Gasteiger partial charge on any atom is -0.107 e. The number of hydrogen-bond donors (Lipinski definition) is 0. The summed E-state index contributed by atoms with van der Waals surface area (Å²) < 4.78 is 1.49. The summed E-state index contributed by atoms with van der Waals surface area (Å²) in [6.07, 6.45) is 4.30. The molecule has 0 N–H and O–H groups in total. The first kappa shape index (κ1) is 11.5. The predicted molar refractivity (Wildman–Crippen MR) is 45.5 cm³/mol. The van der Waals surface area contributed by atoms with Crippen molar-refractivity contribution in [1.82, 2.24) is 0 Å². The van der Waals surface area contributed by atoms with Crippen molar-refractivity contribution >= 4 is 51.9 Å². The van der Waals surface area contributed by atoms with Crippen LogP contribution in [0.5, 0.6) is 0 Å². The van der Waals surface area contributed by atoms with Crippen molar-refractivity contribution in [3.63, 3.8) is 0 Å². The number of hydrogen-bond acceptors (Lipinski definition) is 0. The van der Waals surface area contributed by atoms with E-state index in [-0.39, 0.29) is 24.0 Å². The van der Waals surface area contributed by atoms with Gasteiger partial charge in [0, 0.05) is 0 Å². The molecular formula is C5H12INa. The third-order valence-corrected chi connectivity index (χ3v) is 1.66. The molecule has 0 aromatic rings. The summed E-state index contributed by atoms with van der Waals surface area (Å²) in [6, 6.07) is 0. The van der Waals surface area contributed by atoms with Gasteiger partial charge in [-0.3, -0.25) is 0 Å². The smallest absolute Gasteiger partial charge is 0.107 e. The summed E-state index contributed by atoms with van der Waals surface area (Å²) in [7, 11) is 0. The molecule has 7 heavy (non-hydrogen) atoms. The Kier molecular flexibility index (Phi) is 17.5. The first-order valence-electron chi connectivity index (χ1n) is 2.91. The first-order valence-corrected chi connectivity index (χ1v) is 4.33. The molecule has 0 fully saturated rings. The minimum Gasteiger partial charge on any atom is -0.107 e. The van der Waals surface area contributed by atoms with Gasteiger partial charge >= 0.3 is 57.8 Å². The van der Waals surface area contributed by atoms with Gasteiger partial charge in [-0.2, -0.15) is 0 Å². The monoisotopic (exact) mass is 222 g/mol. The van der Waals surface area contributed by atoms with Crippen LogP contribution < -0.4 is 0 Å². The molecule has 0 saturated heterocycles. The normalized spacial score (nSPS) is 7.86. The van der Waals surface area contributed by atoms with E-state index in [1.807, 2.05) is 0 Å². The summed E-state index contributed by atoms with van der Waals surface area (Å²) in [5.74, 6) is 0. The summed E-state index contributed by atoms with van der Waals surface area (Å²) in [4.78, 5) is 0. The van der Waals surface area contributed by atoms with E-state index in [1.165, 1.54) is 50.9 Å². The van der Waals surface area contributed by atoms with Crippen LogP contribution in [0.2, 0.25) is 3.67 Å². The number of unbranched alkanes of at least 4 members (excludes halogenated alkanes) is 2. The van der Waals surface area contributed by atoms with Crippen LogP contribution in [-0.4, -0.2) is 27.9 Å². The topological polar surface area (TPSA) is 0 Å². The SMILES string of the molecule is CCCC[CH2][Na].I. The minimum atomic E-state index is 0. The van der Waals surface area contributed by atoms with Crippen LogP contribution in [0.15, 0.2) is 0 Å². The van der Waals surface area contributed by atoms with E-state index in [1.54, 1.807) is 0 Å². The Labute approximate surface area is 80.9 Å². The number of halogens is 1. The largest absolute Gasteiger partial charge is 0.107 e. The van der Waals surface area contributed by atoms with Crippen LogP contribution in [0, 0.1) is 0 Å². The van der Waals surface area contributed by atoms with Crippen LogP contribution in [0.3, 0.4) is 0 Å². The van der Waals surface area contributed by atoms with Crippen LogP contribution >= 0.6 is 24.0 Å². The van der Waals surface area contributed by atoms with E-state index in [0.29, 0.717) is 0 Å². The molecule has 0 amide bonds. The fourth-order valence-corrected chi connectivity index (χ4v) is 1.000. The van der Waals surface area contributed by atoms with E-state index >= 15 is 0 Å². The average Bonchev–Trinajstić information content (AvgIpc) is 1.61. The fourth-order valence-electron chi connectivity index (χ4n) is 0.500. The molecule has 0 bridgehead atoms. The summed E-state index contributed by atoms with van der Waals surface area (Å²) in [5, 5.41) is 0. The van der Waals surface area contributed by atoms with Gasteiger partial charge in [-0.25, -0.2) is 0 Å². The minimum absolute atomic E-state index is 0. The Morgan fingerprint density at radius 2 is 1.86 bits per heavy atom. The Morgan fingerprint density at radius 1 is 1.29 bits per heavy atom. The van der Waals surface area contributed by atoms with Crippen molar-refractivity contribution in [2.75, 3.05) is 0 Å². The molecule has 0 aliphatic heterocycles. The van der Waals surface area contributed by atoms with Crippen molar-refractivity contribution in [2.45, 2.75) is 29.9 Å². The second-order valence-electron chi connectivity index (χ2n) is 1.71. The van der Waals surface area contributed by atoms with Gasteiger partial charge in [-0.15, -0.1) is 24.0 Å². The molecule has 0 atom stereocenters. The third kappa shape index (κ3) is 11.3. The van der Waals surface area contributed by atoms with Crippen molar-refractivity contribution in [1.29, 1.82) is 0 Å². The van der Waals surface area contributed by atoms with E-state index < -0.39 is 0 Å². The van der Waals surface area contributed by atoms with Crippen molar-refractivity contribution in [3.8, 4) is 0 Å². The molecule has 0 spiro atoms. The van der Waals surface area contributed by atoms with E-state index in [2.05, 4.69) is 6.92 Å². The molecule has 0 aliphatic rings. The molecule has 0 heterocycles. The third-order valence-electron chi connectivity index (χ3n) is 0.957. The predicted octanol–water partition coefficient (Wildman–Crippen LogP) is 2.38. The molecule has 0 aromatic carbocycles. The summed E-state index contributed by atoms with van der Waals surface area (Å²) >= 11 is 1.40. The standard InChI is InChI=1S/C5H11.HI.Na/c1-3-5-4-2;;/h1,3-5H2,2H3;1H;. The van der Waals surface area contributed by atoms with Gasteiger partial charge in [0.1, 0.15) is 0 Å². The molecule has 0 rings (SSSR count). The molecule has 0 aromatic heterocycles. The average molecular weight is 222 g/mol. The molecule has 0 radical (unpaired) electrons. The zero-order chi connectivity index (χ0) is 4.83. The Bertz CT molecular complexity index is 20.0. The van der Waals surface area contributed by atoms with E-state index in [9.17, 15) is 0 Å². The molecule has 2 heteroatoms. The first-order chi connectivity index (χ1) is 2.91. The zero-order valence-corrected chi connectivity index (χ0v) is 9.57. The van der Waals surface area contributed by atoms with Gasteiger partial charge < -0.3 is 0 Å². The molecular weight excluding hydrogens is 210 g/mol. The van der Waals surface area contributed by atoms with Gasteiger partial charge in [0.05, 0.1) is 0 Å². The molecule has 0 saturated carbocycles. The second kappa shape index (κ2) is 10.7. The van der Waals surface area contributed by atoms with Crippen molar-refractivity contribution in [2.24, 2.45) is 0 Å². The summed E-state index contributed by atoms with van der Waals surface area (Å²) in [5.41, 5.74) is 0. The second-order valence-corrected chi connectivity index (χ2v) is 2.71. The van der Waals surface area contributed by atoms with Crippen LogP contribution in [0.4, 0.5) is 0 Å². The molecule has 40 valence electrons. The van der Waals surface area contributed by atoms with Gasteiger partial charge in [-0.1, -0.05) is 0 Å². The molecule has 0 nitrogen and oxygen atoms in total. The van der Waals surface area contributed by atoms with Crippen molar-refractivity contribution < 1.29 is 0 Å². The quantitative estimate of drug-likeness (QED) is 0.390. The maximum atomic E-state index is 2.25. The van der Waals surface area contributed by atoms with Crippen LogP contribution in [-0.2, 0) is 0 Å². The van der Waals surface area contributed by atoms with Gasteiger partial charge in [0.15, 0.2) is 0 Å². The molecule has 0 aliphatic carbocycles. The van der Waals surface area contributed by atoms with Crippen LogP contribution in [0.25, 0.3) is 0 Å². The maximum absolute atomic E-state index is 2.25. The summed E-state index contributed by atoms with van der Waals surface area (Å²) in [6.45, 7) is 2.25. The Hall–Kier alpha value is 1.73. The van der Waals surface area contributed by atoms with Gasteiger partial charge in [-0.05, 0) is 0 Å². The Balaban J connectivity index is 0. The van der Waals surface area contributed by atoms with Crippen molar-refractivity contribution in [3.05, 3.63) is 0 Å². The fraction of sp³-hybridized carbons (Fsp3) is 1.00. The Morgan fingerprint density at radius 3 is 2.00 bits per heavy atom. The van der Waals surface area contributed by atoms with E-state index in [0.717, 1.165) is 0 Å². The molecule has 0 unspecified atom stereocenters. The van der Waals surface area contributed by atoms with Crippen LogP contribution in [0.1, 0.15) is 26.2 Å². The zero-order valence-electron chi connectivity index (χ0n) is 5.24. The van der Waals surface area contributed by atoms with Gasteiger partial charge in [0.2, 0.25) is 0 Å². The van der Waals surface area contributed by atoms with Gasteiger partial charge in [0.25, 0.3) is 0 Å². The number of rotatable bonds is 3.